The predicted molar refractivity (Wildman–Crippen MR) is 83.4 cm³/mol. The number of halogens is 1. The Bertz CT molecular complexity index is 409. The van der Waals surface area contributed by atoms with E-state index in [4.69, 9.17) is 0 Å². The Morgan fingerprint density at radius 2 is 2.05 bits per heavy atom. The summed E-state index contributed by atoms with van der Waals surface area (Å²) in [6, 6.07) is 8.23. The van der Waals surface area contributed by atoms with Crippen molar-refractivity contribution in [3.05, 3.63) is 34.3 Å². The summed E-state index contributed by atoms with van der Waals surface area (Å²) in [6.07, 6.45) is 4.85. The maximum absolute atomic E-state index is 10.9. The van der Waals surface area contributed by atoms with Crippen LogP contribution in [-0.2, 0) is 6.42 Å². The zero-order valence-electron chi connectivity index (χ0n) is 11.7. The Labute approximate surface area is 124 Å². The van der Waals surface area contributed by atoms with Crippen molar-refractivity contribution in [2.24, 2.45) is 0 Å². The number of aliphatic hydroxyl groups is 1. The smallest absolute Gasteiger partial charge is 0.0701 e. The third kappa shape index (κ3) is 4.30. The second-order valence-electron chi connectivity index (χ2n) is 5.69. The maximum Gasteiger partial charge on any atom is 0.0701 e. The summed E-state index contributed by atoms with van der Waals surface area (Å²) in [7, 11) is 0. The van der Waals surface area contributed by atoms with Crippen molar-refractivity contribution in [2.45, 2.75) is 44.6 Å². The van der Waals surface area contributed by atoms with Gasteiger partial charge in [-0.3, -0.25) is 0 Å². The molecule has 0 radical (unpaired) electrons. The van der Waals surface area contributed by atoms with Gasteiger partial charge in [-0.2, -0.15) is 0 Å². The van der Waals surface area contributed by atoms with Gasteiger partial charge in [0, 0.05) is 17.4 Å². The van der Waals surface area contributed by atoms with Crippen LogP contribution in [0.2, 0.25) is 0 Å². The first-order valence-electron chi connectivity index (χ1n) is 7.31. The van der Waals surface area contributed by atoms with E-state index in [0.29, 0.717) is 0 Å². The normalized spacial score (nSPS) is 25.2. The zero-order valence-corrected chi connectivity index (χ0v) is 13.3. The summed E-state index contributed by atoms with van der Waals surface area (Å²) in [5.41, 5.74) is 0.681. The standard InChI is InChI=1S/C16H24BrNO/c1-2-10-18-11-5-8-16(19,9-12-18)13-14-6-3-4-7-15(14)17/h3-4,6-7,19H,2,5,8-13H2,1H3. The molecule has 1 aromatic carbocycles. The number of likely N-dealkylation sites (tertiary alicyclic amines) is 1. The van der Waals surface area contributed by atoms with Crippen LogP contribution in [0.4, 0.5) is 0 Å². The van der Waals surface area contributed by atoms with Crippen LogP contribution in [0.15, 0.2) is 28.7 Å². The topological polar surface area (TPSA) is 23.5 Å². The largest absolute Gasteiger partial charge is 0.389 e. The first-order chi connectivity index (χ1) is 9.13. The molecule has 1 aliphatic heterocycles. The molecule has 1 unspecified atom stereocenters. The molecule has 0 bridgehead atoms. The van der Waals surface area contributed by atoms with Crippen molar-refractivity contribution < 1.29 is 5.11 Å². The molecule has 0 aliphatic carbocycles. The van der Waals surface area contributed by atoms with E-state index in [1.54, 1.807) is 0 Å². The van der Waals surface area contributed by atoms with Crippen LogP contribution < -0.4 is 0 Å². The zero-order chi connectivity index (χ0) is 13.7. The number of benzene rings is 1. The summed E-state index contributed by atoms with van der Waals surface area (Å²) in [5.74, 6) is 0. The SMILES string of the molecule is CCCN1CCCC(O)(Cc2ccccc2Br)CC1. The van der Waals surface area contributed by atoms with Gasteiger partial charge in [-0.1, -0.05) is 41.1 Å². The third-order valence-electron chi connectivity index (χ3n) is 4.03. The number of hydrogen-bond acceptors (Lipinski definition) is 2. The molecular formula is C16H24BrNO. The lowest BCUT2D eigenvalue weighted by Crippen LogP contribution is -2.33. The van der Waals surface area contributed by atoms with Gasteiger partial charge in [-0.05, 0) is 50.4 Å². The summed E-state index contributed by atoms with van der Waals surface area (Å²) in [6.45, 7) is 5.53. The molecule has 3 heteroatoms. The van der Waals surface area contributed by atoms with Crippen molar-refractivity contribution in [1.29, 1.82) is 0 Å². The molecular weight excluding hydrogens is 302 g/mol. The predicted octanol–water partition coefficient (Wildman–Crippen LogP) is 3.62. The molecule has 1 aromatic rings. The van der Waals surface area contributed by atoms with Crippen LogP contribution in [-0.4, -0.2) is 35.2 Å². The Morgan fingerprint density at radius 1 is 1.26 bits per heavy atom. The van der Waals surface area contributed by atoms with E-state index >= 15 is 0 Å². The number of rotatable bonds is 4. The van der Waals surface area contributed by atoms with Crippen molar-refractivity contribution >= 4 is 15.9 Å². The molecule has 0 amide bonds. The maximum atomic E-state index is 10.9. The van der Waals surface area contributed by atoms with Gasteiger partial charge in [0.05, 0.1) is 5.60 Å². The average Bonchev–Trinajstić information content (AvgIpc) is 2.56. The second kappa shape index (κ2) is 6.87. The van der Waals surface area contributed by atoms with Gasteiger partial charge in [0.15, 0.2) is 0 Å². The molecule has 19 heavy (non-hydrogen) atoms. The second-order valence-corrected chi connectivity index (χ2v) is 6.54. The van der Waals surface area contributed by atoms with E-state index in [9.17, 15) is 5.11 Å². The van der Waals surface area contributed by atoms with Gasteiger partial charge in [0.1, 0.15) is 0 Å². The lowest BCUT2D eigenvalue weighted by Gasteiger charge is -2.27. The molecule has 1 N–H and O–H groups in total. The van der Waals surface area contributed by atoms with Gasteiger partial charge >= 0.3 is 0 Å². The fourth-order valence-corrected chi connectivity index (χ4v) is 3.37. The van der Waals surface area contributed by atoms with E-state index in [1.165, 1.54) is 12.0 Å². The minimum absolute atomic E-state index is 0.535. The van der Waals surface area contributed by atoms with Crippen molar-refractivity contribution in [3.8, 4) is 0 Å². The Kier molecular flexibility index (Phi) is 5.43. The quantitative estimate of drug-likeness (QED) is 0.913. The summed E-state index contributed by atoms with van der Waals surface area (Å²) >= 11 is 3.58. The van der Waals surface area contributed by atoms with Gasteiger partial charge in [0.2, 0.25) is 0 Å². The average molecular weight is 326 g/mol. The highest BCUT2D eigenvalue weighted by molar-refractivity contribution is 9.10. The van der Waals surface area contributed by atoms with Gasteiger partial charge in [-0.25, -0.2) is 0 Å². The molecule has 1 saturated heterocycles. The van der Waals surface area contributed by atoms with Crippen molar-refractivity contribution in [3.63, 3.8) is 0 Å². The van der Waals surface area contributed by atoms with Crippen LogP contribution >= 0.6 is 15.9 Å². The Hall–Kier alpha value is -0.380. The van der Waals surface area contributed by atoms with E-state index < -0.39 is 5.60 Å². The summed E-state index contributed by atoms with van der Waals surface area (Å²) in [4.78, 5) is 2.48. The summed E-state index contributed by atoms with van der Waals surface area (Å²) < 4.78 is 1.11. The van der Waals surface area contributed by atoms with E-state index in [2.05, 4.69) is 39.9 Å². The Morgan fingerprint density at radius 3 is 2.79 bits per heavy atom. The fourth-order valence-electron chi connectivity index (χ4n) is 2.95. The van der Waals surface area contributed by atoms with Crippen LogP contribution in [0.5, 0.6) is 0 Å². The van der Waals surface area contributed by atoms with Crippen LogP contribution in [0.1, 0.15) is 38.2 Å². The molecule has 0 aromatic heterocycles. The van der Waals surface area contributed by atoms with E-state index in [-0.39, 0.29) is 0 Å². The number of nitrogens with zero attached hydrogens (tertiary/aromatic N) is 1. The monoisotopic (exact) mass is 325 g/mol. The lowest BCUT2D eigenvalue weighted by atomic mass is 9.88. The van der Waals surface area contributed by atoms with Crippen LogP contribution in [0.25, 0.3) is 0 Å². The molecule has 2 rings (SSSR count). The molecule has 1 fully saturated rings. The third-order valence-corrected chi connectivity index (χ3v) is 4.80. The molecule has 2 nitrogen and oxygen atoms in total. The first kappa shape index (κ1) is 15.0. The van der Waals surface area contributed by atoms with Gasteiger partial charge in [0.25, 0.3) is 0 Å². The minimum Gasteiger partial charge on any atom is -0.389 e. The molecule has 0 saturated carbocycles. The van der Waals surface area contributed by atoms with Gasteiger partial charge in [-0.15, -0.1) is 0 Å². The van der Waals surface area contributed by atoms with E-state index in [0.717, 1.165) is 49.8 Å². The summed E-state index contributed by atoms with van der Waals surface area (Å²) in [5, 5.41) is 10.9. The van der Waals surface area contributed by atoms with Crippen LogP contribution in [0.3, 0.4) is 0 Å². The molecule has 1 aliphatic rings. The highest BCUT2D eigenvalue weighted by atomic mass is 79.9. The molecule has 0 spiro atoms. The van der Waals surface area contributed by atoms with Gasteiger partial charge < -0.3 is 10.0 Å². The molecule has 1 heterocycles. The van der Waals surface area contributed by atoms with Crippen molar-refractivity contribution in [1.82, 2.24) is 4.90 Å². The van der Waals surface area contributed by atoms with E-state index in [1.807, 2.05) is 12.1 Å². The fraction of sp³-hybridized carbons (Fsp3) is 0.625. The van der Waals surface area contributed by atoms with Crippen LogP contribution in [0, 0.1) is 0 Å². The first-order valence-corrected chi connectivity index (χ1v) is 8.10. The molecule has 1 atom stereocenters. The number of hydrogen-bond donors (Lipinski definition) is 1. The lowest BCUT2D eigenvalue weighted by molar-refractivity contribution is 0.0255. The Balaban J connectivity index is 2.01. The highest BCUT2D eigenvalue weighted by Crippen LogP contribution is 2.29. The van der Waals surface area contributed by atoms with Crippen molar-refractivity contribution in [2.75, 3.05) is 19.6 Å². The highest BCUT2D eigenvalue weighted by Gasteiger charge is 2.30. The minimum atomic E-state index is -0.535. The molecule has 106 valence electrons.